The number of nitrogens with zero attached hydrogens (tertiary/aromatic N) is 2. The predicted octanol–water partition coefficient (Wildman–Crippen LogP) is 2.46. The van der Waals surface area contributed by atoms with Crippen molar-refractivity contribution >= 4 is 18.0 Å². The van der Waals surface area contributed by atoms with E-state index in [1.165, 1.54) is 35.4 Å². The van der Waals surface area contributed by atoms with Crippen LogP contribution in [0.25, 0.3) is 0 Å². The number of hydrazone groups is 1. The average Bonchev–Trinajstić information content (AvgIpc) is 2.67. The van der Waals surface area contributed by atoms with E-state index in [0.29, 0.717) is 29.2 Å². The number of hydrogen-bond donors (Lipinski definition) is 1. The molecular weight excluding hydrogens is 365 g/mol. The highest BCUT2D eigenvalue weighted by atomic mass is 19.1. The summed E-state index contributed by atoms with van der Waals surface area (Å²) in [7, 11) is 3.30. The van der Waals surface area contributed by atoms with Gasteiger partial charge in [0.25, 0.3) is 11.8 Å². The number of carbonyl (C=O) groups excluding carboxylic acids is 2. The number of halogens is 1. The summed E-state index contributed by atoms with van der Waals surface area (Å²) in [6, 6.07) is 10.2. The van der Waals surface area contributed by atoms with Crippen LogP contribution in [0.3, 0.4) is 0 Å². The molecule has 0 atom stereocenters. The Labute approximate surface area is 162 Å². The molecule has 2 rings (SSSR count). The van der Waals surface area contributed by atoms with Crippen LogP contribution in [0.4, 0.5) is 4.39 Å². The van der Waals surface area contributed by atoms with Crippen molar-refractivity contribution in [2.24, 2.45) is 5.10 Å². The van der Waals surface area contributed by atoms with Gasteiger partial charge in [0, 0.05) is 19.7 Å². The van der Waals surface area contributed by atoms with Crippen LogP contribution in [0.5, 0.6) is 11.5 Å². The van der Waals surface area contributed by atoms with Crippen molar-refractivity contribution in [3.05, 3.63) is 59.4 Å². The van der Waals surface area contributed by atoms with Gasteiger partial charge in [0.2, 0.25) is 0 Å². The van der Waals surface area contributed by atoms with Crippen LogP contribution in [0.1, 0.15) is 22.8 Å². The third kappa shape index (κ3) is 6.08. The van der Waals surface area contributed by atoms with Gasteiger partial charge < -0.3 is 14.4 Å². The second-order valence-electron chi connectivity index (χ2n) is 5.92. The fraction of sp³-hybridized carbons (Fsp3) is 0.250. The maximum absolute atomic E-state index is 12.9. The molecule has 0 saturated carbocycles. The lowest BCUT2D eigenvalue weighted by Crippen LogP contribution is -2.27. The summed E-state index contributed by atoms with van der Waals surface area (Å²) in [6.45, 7) is 2.15. The van der Waals surface area contributed by atoms with Crippen LogP contribution in [-0.4, -0.2) is 50.2 Å². The zero-order valence-electron chi connectivity index (χ0n) is 15.9. The van der Waals surface area contributed by atoms with Crippen molar-refractivity contribution in [1.29, 1.82) is 0 Å². The van der Waals surface area contributed by atoms with Gasteiger partial charge in [-0.05, 0) is 55.0 Å². The Morgan fingerprint density at radius 1 is 1.11 bits per heavy atom. The number of amides is 2. The highest BCUT2D eigenvalue weighted by Crippen LogP contribution is 2.28. The first kappa shape index (κ1) is 20.9. The summed E-state index contributed by atoms with van der Waals surface area (Å²) in [6.07, 6.45) is 1.44. The van der Waals surface area contributed by atoms with Crippen molar-refractivity contribution in [2.45, 2.75) is 6.92 Å². The fourth-order valence-electron chi connectivity index (χ4n) is 2.09. The van der Waals surface area contributed by atoms with Gasteiger partial charge >= 0.3 is 0 Å². The quantitative estimate of drug-likeness (QED) is 0.557. The minimum Gasteiger partial charge on any atom is -0.490 e. The molecule has 0 aliphatic carbocycles. The van der Waals surface area contributed by atoms with Crippen molar-refractivity contribution in [1.82, 2.24) is 10.3 Å². The number of carbonyl (C=O) groups is 2. The summed E-state index contributed by atoms with van der Waals surface area (Å²) in [4.78, 5) is 25.1. The van der Waals surface area contributed by atoms with Gasteiger partial charge in [-0.2, -0.15) is 5.10 Å². The summed E-state index contributed by atoms with van der Waals surface area (Å²) in [5.74, 6) is -0.148. The highest BCUT2D eigenvalue weighted by Gasteiger charge is 2.10. The molecule has 0 aliphatic heterocycles. The molecule has 0 aliphatic rings. The summed E-state index contributed by atoms with van der Waals surface area (Å²) in [5.41, 5.74) is 3.33. The first-order valence-corrected chi connectivity index (χ1v) is 8.59. The fourth-order valence-corrected chi connectivity index (χ4v) is 2.09. The Morgan fingerprint density at radius 3 is 2.46 bits per heavy atom. The van der Waals surface area contributed by atoms with E-state index in [2.05, 4.69) is 10.5 Å². The van der Waals surface area contributed by atoms with Crippen LogP contribution < -0.4 is 14.9 Å². The van der Waals surface area contributed by atoms with E-state index in [-0.39, 0.29) is 12.5 Å². The number of nitrogens with one attached hydrogen (secondary N) is 1. The van der Waals surface area contributed by atoms with Crippen LogP contribution in [0.2, 0.25) is 0 Å². The van der Waals surface area contributed by atoms with Gasteiger partial charge in [-0.25, -0.2) is 9.82 Å². The lowest BCUT2D eigenvalue weighted by molar-refractivity contribution is -0.130. The second-order valence-corrected chi connectivity index (χ2v) is 5.92. The lowest BCUT2D eigenvalue weighted by Gasteiger charge is -2.14. The first-order chi connectivity index (χ1) is 13.4. The zero-order chi connectivity index (χ0) is 20.5. The van der Waals surface area contributed by atoms with E-state index in [9.17, 15) is 14.0 Å². The molecule has 0 heterocycles. The maximum Gasteiger partial charge on any atom is 0.271 e. The standard InChI is InChI=1S/C20H22FN3O4/c1-4-27-18-11-14(5-10-17(18)28-13-19(25)24(2)3)12-22-23-20(26)15-6-8-16(21)9-7-15/h5-12H,4,13H2,1-3H3,(H,23,26)/b22-12-. The Morgan fingerprint density at radius 2 is 1.82 bits per heavy atom. The van der Waals surface area contributed by atoms with E-state index in [1.807, 2.05) is 6.92 Å². The topological polar surface area (TPSA) is 80.2 Å². The normalized spacial score (nSPS) is 10.6. The van der Waals surface area contributed by atoms with E-state index >= 15 is 0 Å². The molecule has 0 aromatic heterocycles. The molecule has 0 spiro atoms. The summed E-state index contributed by atoms with van der Waals surface area (Å²) in [5, 5.41) is 3.89. The molecule has 0 fully saturated rings. The summed E-state index contributed by atoms with van der Waals surface area (Å²) >= 11 is 0. The minimum atomic E-state index is -0.455. The Balaban J connectivity index is 2.03. The molecule has 2 aromatic carbocycles. The SMILES string of the molecule is CCOc1cc(/C=N\NC(=O)c2ccc(F)cc2)ccc1OCC(=O)N(C)C. The average molecular weight is 387 g/mol. The predicted molar refractivity (Wildman–Crippen MR) is 103 cm³/mol. The van der Waals surface area contributed by atoms with Gasteiger partial charge in [0.1, 0.15) is 5.82 Å². The monoisotopic (exact) mass is 387 g/mol. The molecule has 2 aromatic rings. The van der Waals surface area contributed by atoms with Gasteiger partial charge in [-0.3, -0.25) is 9.59 Å². The smallest absolute Gasteiger partial charge is 0.271 e. The minimum absolute atomic E-state index is 0.103. The molecule has 0 bridgehead atoms. The van der Waals surface area contributed by atoms with E-state index < -0.39 is 11.7 Å². The molecule has 0 saturated heterocycles. The third-order valence-electron chi connectivity index (χ3n) is 3.60. The molecule has 7 nitrogen and oxygen atoms in total. The van der Waals surface area contributed by atoms with E-state index in [0.717, 1.165) is 0 Å². The van der Waals surface area contributed by atoms with Gasteiger partial charge in [0.15, 0.2) is 18.1 Å². The van der Waals surface area contributed by atoms with Gasteiger partial charge in [0.05, 0.1) is 12.8 Å². The third-order valence-corrected chi connectivity index (χ3v) is 3.60. The molecule has 0 radical (unpaired) electrons. The van der Waals surface area contributed by atoms with E-state index in [4.69, 9.17) is 9.47 Å². The number of benzene rings is 2. The van der Waals surface area contributed by atoms with Crippen molar-refractivity contribution < 1.29 is 23.5 Å². The van der Waals surface area contributed by atoms with Crippen LogP contribution in [-0.2, 0) is 4.79 Å². The van der Waals surface area contributed by atoms with Gasteiger partial charge in [-0.1, -0.05) is 0 Å². The van der Waals surface area contributed by atoms with Crippen molar-refractivity contribution in [2.75, 3.05) is 27.3 Å². The molecule has 8 heteroatoms. The molecular formula is C20H22FN3O4. The molecule has 2 amide bonds. The molecule has 1 N–H and O–H groups in total. The second kappa shape index (κ2) is 10.1. The number of ether oxygens (including phenoxy) is 2. The number of hydrogen-bond acceptors (Lipinski definition) is 5. The molecule has 148 valence electrons. The van der Waals surface area contributed by atoms with Crippen molar-refractivity contribution in [3.8, 4) is 11.5 Å². The molecule has 0 unspecified atom stereocenters. The molecule has 28 heavy (non-hydrogen) atoms. The van der Waals surface area contributed by atoms with Crippen molar-refractivity contribution in [3.63, 3.8) is 0 Å². The van der Waals surface area contributed by atoms with Crippen LogP contribution in [0.15, 0.2) is 47.6 Å². The Bertz CT molecular complexity index is 851. The first-order valence-electron chi connectivity index (χ1n) is 8.59. The van der Waals surface area contributed by atoms with Crippen LogP contribution >= 0.6 is 0 Å². The summed E-state index contributed by atoms with van der Waals surface area (Å²) < 4.78 is 24.0. The van der Waals surface area contributed by atoms with Crippen LogP contribution in [0, 0.1) is 5.82 Å². The lowest BCUT2D eigenvalue weighted by atomic mass is 10.2. The zero-order valence-corrected chi connectivity index (χ0v) is 15.9. The number of rotatable bonds is 8. The number of likely N-dealkylation sites (N-methyl/N-ethyl adjacent to an activating group) is 1. The maximum atomic E-state index is 12.9. The largest absolute Gasteiger partial charge is 0.490 e. The Kier molecular flexibility index (Phi) is 7.50. The Hall–Kier alpha value is -3.42. The van der Waals surface area contributed by atoms with E-state index in [1.54, 1.807) is 32.3 Å². The highest BCUT2D eigenvalue weighted by molar-refractivity contribution is 5.94. The van der Waals surface area contributed by atoms with Gasteiger partial charge in [-0.15, -0.1) is 0 Å².